The summed E-state index contributed by atoms with van der Waals surface area (Å²) in [6.45, 7) is 3.60. The van der Waals surface area contributed by atoms with Crippen LogP contribution in [0.4, 0.5) is 5.69 Å². The summed E-state index contributed by atoms with van der Waals surface area (Å²) in [5.41, 5.74) is 3.06. The zero-order valence-corrected chi connectivity index (χ0v) is 18.3. The molecule has 0 fully saturated rings. The van der Waals surface area contributed by atoms with Gasteiger partial charge >= 0.3 is 5.69 Å². The van der Waals surface area contributed by atoms with Gasteiger partial charge in [-0.1, -0.05) is 40.2 Å². The molecule has 0 N–H and O–H groups in total. The molecule has 1 aromatic heterocycles. The van der Waals surface area contributed by atoms with Gasteiger partial charge in [-0.3, -0.25) is 19.6 Å². The third-order valence-corrected chi connectivity index (χ3v) is 5.18. The van der Waals surface area contributed by atoms with Crippen molar-refractivity contribution in [2.45, 2.75) is 20.4 Å². The Kier molecular flexibility index (Phi) is 6.47. The Morgan fingerprint density at radius 2 is 2.03 bits per heavy atom. The van der Waals surface area contributed by atoms with E-state index >= 15 is 0 Å². The standard InChI is InChI=1S/C22H20BrN3O4/c1-14-22(26(28)29)15(2)25(24-14)13-18-11-16(8-10-21(18)30-3)7-9-20(27)17-5-4-6-19(23)12-17/h4-12H,13H2,1-3H3/b9-7+. The topological polar surface area (TPSA) is 87.3 Å². The Bertz CT molecular complexity index is 1150. The van der Waals surface area contributed by atoms with Gasteiger partial charge in [0.1, 0.15) is 17.1 Å². The predicted octanol–water partition coefficient (Wildman–Crippen LogP) is 5.12. The first-order chi connectivity index (χ1) is 14.3. The summed E-state index contributed by atoms with van der Waals surface area (Å²) in [7, 11) is 1.56. The Labute approximate surface area is 182 Å². The van der Waals surface area contributed by atoms with Crippen LogP contribution < -0.4 is 4.74 Å². The van der Waals surface area contributed by atoms with Crippen LogP contribution in [-0.4, -0.2) is 27.6 Å². The molecule has 3 rings (SSSR count). The summed E-state index contributed by atoms with van der Waals surface area (Å²) in [4.78, 5) is 23.2. The molecule has 0 aliphatic heterocycles. The van der Waals surface area contributed by atoms with Crippen molar-refractivity contribution in [2.24, 2.45) is 0 Å². The van der Waals surface area contributed by atoms with Gasteiger partial charge in [0.15, 0.2) is 5.78 Å². The van der Waals surface area contributed by atoms with Crippen LogP contribution in [0.3, 0.4) is 0 Å². The van der Waals surface area contributed by atoms with Gasteiger partial charge in [0.25, 0.3) is 0 Å². The maximum Gasteiger partial charge on any atom is 0.312 e. The summed E-state index contributed by atoms with van der Waals surface area (Å²) in [5.74, 6) is 0.531. The maximum absolute atomic E-state index is 12.4. The van der Waals surface area contributed by atoms with Crippen LogP contribution >= 0.6 is 15.9 Å². The molecular weight excluding hydrogens is 450 g/mol. The molecule has 0 bridgehead atoms. The minimum Gasteiger partial charge on any atom is -0.496 e. The van der Waals surface area contributed by atoms with E-state index < -0.39 is 4.92 Å². The largest absolute Gasteiger partial charge is 0.496 e. The van der Waals surface area contributed by atoms with Crippen molar-refractivity contribution in [1.82, 2.24) is 9.78 Å². The number of methoxy groups -OCH3 is 1. The number of aromatic nitrogens is 2. The van der Waals surface area contributed by atoms with Crippen LogP contribution in [0.5, 0.6) is 5.75 Å². The van der Waals surface area contributed by atoms with Gasteiger partial charge in [0.05, 0.1) is 18.6 Å². The highest BCUT2D eigenvalue weighted by Crippen LogP contribution is 2.26. The molecular formula is C22H20BrN3O4. The number of benzene rings is 2. The fraction of sp³-hybridized carbons (Fsp3) is 0.182. The number of hydrogen-bond donors (Lipinski definition) is 0. The normalized spacial score (nSPS) is 11.1. The van der Waals surface area contributed by atoms with Crippen molar-refractivity contribution in [3.05, 3.63) is 91.2 Å². The highest BCUT2D eigenvalue weighted by Gasteiger charge is 2.22. The first kappa shape index (κ1) is 21.4. The average molecular weight is 470 g/mol. The zero-order chi connectivity index (χ0) is 21.8. The van der Waals surface area contributed by atoms with Gasteiger partial charge in [-0.25, -0.2) is 0 Å². The maximum atomic E-state index is 12.4. The van der Waals surface area contributed by atoms with Crippen LogP contribution in [0, 0.1) is 24.0 Å². The number of nitro groups is 1. The lowest BCUT2D eigenvalue weighted by atomic mass is 10.1. The third kappa shape index (κ3) is 4.65. The molecule has 7 nitrogen and oxygen atoms in total. The molecule has 0 aliphatic carbocycles. The number of aryl methyl sites for hydroxylation is 1. The number of ketones is 1. The molecule has 8 heteroatoms. The quantitative estimate of drug-likeness (QED) is 0.207. The number of ether oxygens (including phenoxy) is 1. The lowest BCUT2D eigenvalue weighted by Gasteiger charge is -2.11. The molecule has 3 aromatic rings. The molecule has 0 amide bonds. The van der Waals surface area contributed by atoms with Crippen LogP contribution in [0.15, 0.2) is 53.0 Å². The van der Waals surface area contributed by atoms with Gasteiger partial charge in [0, 0.05) is 15.6 Å². The van der Waals surface area contributed by atoms with E-state index in [-0.39, 0.29) is 11.5 Å². The second-order valence-electron chi connectivity index (χ2n) is 6.71. The Hall–Kier alpha value is -3.26. The molecule has 0 unspecified atom stereocenters. The van der Waals surface area contributed by atoms with E-state index in [0.717, 1.165) is 15.6 Å². The highest BCUT2D eigenvalue weighted by molar-refractivity contribution is 9.10. The molecule has 30 heavy (non-hydrogen) atoms. The minimum atomic E-state index is -0.419. The molecule has 0 spiro atoms. The van der Waals surface area contributed by atoms with E-state index in [9.17, 15) is 14.9 Å². The molecule has 0 aliphatic rings. The third-order valence-electron chi connectivity index (χ3n) is 4.69. The van der Waals surface area contributed by atoms with E-state index in [0.29, 0.717) is 29.2 Å². The highest BCUT2D eigenvalue weighted by atomic mass is 79.9. The van der Waals surface area contributed by atoms with E-state index in [1.165, 1.54) is 6.08 Å². The van der Waals surface area contributed by atoms with Crippen LogP contribution in [0.25, 0.3) is 6.08 Å². The van der Waals surface area contributed by atoms with Gasteiger partial charge in [-0.05, 0) is 49.8 Å². The molecule has 154 valence electrons. The number of halogens is 1. The molecule has 1 heterocycles. The van der Waals surface area contributed by atoms with E-state index in [2.05, 4.69) is 21.0 Å². The second kappa shape index (κ2) is 9.04. The van der Waals surface area contributed by atoms with Gasteiger partial charge in [0.2, 0.25) is 0 Å². The minimum absolute atomic E-state index is 0.0182. The SMILES string of the molecule is COc1ccc(/C=C/C(=O)c2cccc(Br)c2)cc1Cn1nc(C)c([N+](=O)[O-])c1C. The number of allylic oxidation sites excluding steroid dienone is 1. The summed E-state index contributed by atoms with van der Waals surface area (Å²) < 4.78 is 7.86. The van der Waals surface area contributed by atoms with Crippen molar-refractivity contribution in [1.29, 1.82) is 0 Å². The van der Waals surface area contributed by atoms with Crippen molar-refractivity contribution >= 4 is 33.5 Å². The van der Waals surface area contributed by atoms with Crippen molar-refractivity contribution in [3.8, 4) is 5.75 Å². The van der Waals surface area contributed by atoms with Crippen LogP contribution in [-0.2, 0) is 6.54 Å². The smallest absolute Gasteiger partial charge is 0.312 e. The predicted molar refractivity (Wildman–Crippen MR) is 118 cm³/mol. The number of nitrogens with zero attached hydrogens (tertiary/aromatic N) is 3. The van der Waals surface area contributed by atoms with Gasteiger partial charge in [-0.15, -0.1) is 0 Å². The first-order valence-electron chi connectivity index (χ1n) is 9.13. The molecule has 0 saturated heterocycles. The molecule has 0 atom stereocenters. The summed E-state index contributed by atoms with van der Waals surface area (Å²) in [6, 6.07) is 12.7. The Morgan fingerprint density at radius 3 is 2.67 bits per heavy atom. The lowest BCUT2D eigenvalue weighted by molar-refractivity contribution is -0.386. The van der Waals surface area contributed by atoms with Crippen LogP contribution in [0.1, 0.15) is 32.9 Å². The summed E-state index contributed by atoms with van der Waals surface area (Å²) in [5, 5.41) is 15.6. The fourth-order valence-electron chi connectivity index (χ4n) is 3.20. The number of rotatable bonds is 7. The van der Waals surface area contributed by atoms with E-state index in [4.69, 9.17) is 4.74 Å². The van der Waals surface area contributed by atoms with Gasteiger partial charge in [-0.2, -0.15) is 5.10 Å². The molecule has 0 saturated carbocycles. The second-order valence-corrected chi connectivity index (χ2v) is 7.63. The number of carbonyl (C=O) groups excluding carboxylic acids is 1. The zero-order valence-electron chi connectivity index (χ0n) is 16.8. The lowest BCUT2D eigenvalue weighted by Crippen LogP contribution is -2.06. The van der Waals surface area contributed by atoms with Crippen molar-refractivity contribution in [3.63, 3.8) is 0 Å². The number of hydrogen-bond acceptors (Lipinski definition) is 5. The monoisotopic (exact) mass is 469 g/mol. The fourth-order valence-corrected chi connectivity index (χ4v) is 3.60. The summed E-state index contributed by atoms with van der Waals surface area (Å²) in [6.07, 6.45) is 3.25. The van der Waals surface area contributed by atoms with Crippen molar-refractivity contribution in [2.75, 3.05) is 7.11 Å². The number of carbonyl (C=O) groups is 1. The Morgan fingerprint density at radius 1 is 1.27 bits per heavy atom. The Balaban J connectivity index is 1.88. The van der Waals surface area contributed by atoms with E-state index in [1.807, 2.05) is 24.3 Å². The van der Waals surface area contributed by atoms with Crippen molar-refractivity contribution < 1.29 is 14.5 Å². The van der Waals surface area contributed by atoms with Crippen LogP contribution in [0.2, 0.25) is 0 Å². The van der Waals surface area contributed by atoms with E-state index in [1.54, 1.807) is 49.9 Å². The van der Waals surface area contributed by atoms with Gasteiger partial charge < -0.3 is 4.74 Å². The molecule has 0 radical (unpaired) electrons. The average Bonchev–Trinajstić information content (AvgIpc) is 2.99. The first-order valence-corrected chi connectivity index (χ1v) is 9.92. The summed E-state index contributed by atoms with van der Waals surface area (Å²) >= 11 is 3.36. The molecule has 2 aromatic carbocycles.